The van der Waals surface area contributed by atoms with Crippen LogP contribution in [0.3, 0.4) is 0 Å². The third kappa shape index (κ3) is 6.03. The lowest BCUT2D eigenvalue weighted by molar-refractivity contribution is 0.0592. The predicted octanol–water partition coefficient (Wildman–Crippen LogP) is 6.34. The van der Waals surface area contributed by atoms with E-state index in [-0.39, 0.29) is 12.2 Å². The molecule has 2 rings (SSSR count). The first kappa shape index (κ1) is 19.2. The van der Waals surface area contributed by atoms with Crippen molar-refractivity contribution in [3.63, 3.8) is 0 Å². The molecule has 4 heteroatoms. The molecule has 0 N–H and O–H groups in total. The van der Waals surface area contributed by atoms with Crippen LogP contribution in [0.2, 0.25) is 0 Å². The highest BCUT2D eigenvalue weighted by atomic mass is 31.2. The van der Waals surface area contributed by atoms with E-state index in [4.69, 9.17) is 9.05 Å². The van der Waals surface area contributed by atoms with E-state index in [1.165, 1.54) is 64.2 Å². The lowest BCUT2D eigenvalue weighted by atomic mass is 9.86. The van der Waals surface area contributed by atoms with Crippen LogP contribution < -0.4 is 0 Å². The molecular formula is C19H35O3P. The molecule has 2 saturated carbocycles. The minimum absolute atomic E-state index is 0.0136. The minimum atomic E-state index is -3.08. The number of rotatable bonds is 8. The zero-order valence-corrected chi connectivity index (χ0v) is 15.9. The van der Waals surface area contributed by atoms with E-state index < -0.39 is 7.60 Å². The summed E-state index contributed by atoms with van der Waals surface area (Å²) < 4.78 is 25.3. The zero-order valence-electron chi connectivity index (χ0n) is 15.0. The van der Waals surface area contributed by atoms with Gasteiger partial charge < -0.3 is 9.05 Å². The van der Waals surface area contributed by atoms with Gasteiger partial charge in [-0.15, -0.1) is 6.58 Å². The van der Waals surface area contributed by atoms with Crippen molar-refractivity contribution in [3.8, 4) is 0 Å². The van der Waals surface area contributed by atoms with Gasteiger partial charge in [0.25, 0.3) is 0 Å². The van der Waals surface area contributed by atoms with Crippen LogP contribution in [0.15, 0.2) is 12.7 Å². The lowest BCUT2D eigenvalue weighted by Crippen LogP contribution is -2.26. The van der Waals surface area contributed by atoms with Crippen LogP contribution in [-0.2, 0) is 13.6 Å². The summed E-state index contributed by atoms with van der Waals surface area (Å²) in [6.45, 7) is 7.89. The van der Waals surface area contributed by atoms with Crippen molar-refractivity contribution < 1.29 is 13.6 Å². The first-order valence-electron chi connectivity index (χ1n) is 9.61. The van der Waals surface area contributed by atoms with Crippen LogP contribution in [0.25, 0.3) is 0 Å². The fraction of sp³-hybridized carbons (Fsp3) is 0.895. The Morgan fingerprint density at radius 2 is 1.30 bits per heavy atom. The van der Waals surface area contributed by atoms with Crippen LogP contribution in [0, 0.1) is 11.8 Å². The second-order valence-corrected chi connectivity index (χ2v) is 9.51. The molecule has 0 amide bonds. The molecule has 0 aromatic carbocycles. The quantitative estimate of drug-likeness (QED) is 0.381. The van der Waals surface area contributed by atoms with E-state index in [1.807, 2.05) is 0 Å². The van der Waals surface area contributed by atoms with Gasteiger partial charge in [0, 0.05) is 0 Å². The highest BCUT2D eigenvalue weighted by Gasteiger charge is 2.34. The largest absolute Gasteiger partial charge is 0.334 e. The highest BCUT2D eigenvalue weighted by Crippen LogP contribution is 2.53. The molecule has 0 radical (unpaired) electrons. The summed E-state index contributed by atoms with van der Waals surface area (Å²) in [7, 11) is -3.08. The summed E-state index contributed by atoms with van der Waals surface area (Å²) in [6, 6.07) is 0. The van der Waals surface area contributed by atoms with Crippen molar-refractivity contribution >= 4 is 7.60 Å². The van der Waals surface area contributed by atoms with Gasteiger partial charge in [0.2, 0.25) is 0 Å². The van der Waals surface area contributed by atoms with E-state index in [9.17, 15) is 4.57 Å². The third-order valence-corrected chi connectivity index (χ3v) is 7.65. The van der Waals surface area contributed by atoms with E-state index in [2.05, 4.69) is 20.4 Å². The Hall–Kier alpha value is -0.110. The molecular weight excluding hydrogens is 307 g/mol. The molecule has 3 nitrogen and oxygen atoms in total. The van der Waals surface area contributed by atoms with Gasteiger partial charge >= 0.3 is 7.60 Å². The van der Waals surface area contributed by atoms with Gasteiger partial charge in [0.05, 0.1) is 18.4 Å². The molecule has 0 bridgehead atoms. The smallest absolute Gasteiger partial charge is 0.305 e. The zero-order chi connectivity index (χ0) is 16.7. The Morgan fingerprint density at radius 1 is 0.913 bits per heavy atom. The Balaban J connectivity index is 1.93. The van der Waals surface area contributed by atoms with Gasteiger partial charge in [-0.25, -0.2) is 0 Å². The molecule has 23 heavy (non-hydrogen) atoms. The number of allylic oxidation sites excluding steroid dienone is 1. The monoisotopic (exact) mass is 342 g/mol. The van der Waals surface area contributed by atoms with Crippen molar-refractivity contribution in [2.45, 2.75) is 90.3 Å². The number of hydrogen-bond acceptors (Lipinski definition) is 3. The van der Waals surface area contributed by atoms with Crippen molar-refractivity contribution in [3.05, 3.63) is 12.7 Å². The van der Waals surface area contributed by atoms with Crippen molar-refractivity contribution in [1.82, 2.24) is 0 Å². The molecule has 2 unspecified atom stereocenters. The minimum Gasteiger partial charge on any atom is -0.305 e. The number of hydrogen-bond donors (Lipinski definition) is 0. The highest BCUT2D eigenvalue weighted by molar-refractivity contribution is 7.54. The molecule has 2 atom stereocenters. The second-order valence-electron chi connectivity index (χ2n) is 7.50. The third-order valence-electron chi connectivity index (χ3n) is 5.63. The van der Waals surface area contributed by atoms with Crippen molar-refractivity contribution in [1.29, 1.82) is 0 Å². The molecule has 0 spiro atoms. The topological polar surface area (TPSA) is 35.5 Å². The maximum atomic E-state index is 13.2. The van der Waals surface area contributed by atoms with Crippen LogP contribution in [-0.4, -0.2) is 18.4 Å². The Kier molecular flexibility index (Phi) is 7.85. The van der Waals surface area contributed by atoms with Crippen LogP contribution in [0.4, 0.5) is 0 Å². The summed E-state index contributed by atoms with van der Waals surface area (Å²) in [6.07, 6.45) is 14.5. The molecule has 0 aromatic heterocycles. The summed E-state index contributed by atoms with van der Waals surface area (Å²) in [5, 5.41) is 0. The molecule has 2 fully saturated rings. The molecule has 0 saturated heterocycles. The molecule has 0 aromatic rings. The summed E-state index contributed by atoms with van der Waals surface area (Å²) in [5.74, 6) is 1.05. The molecule has 0 heterocycles. The first-order valence-corrected chi connectivity index (χ1v) is 11.3. The van der Waals surface area contributed by atoms with Crippen LogP contribution in [0.1, 0.15) is 78.1 Å². The van der Waals surface area contributed by atoms with Gasteiger partial charge in [-0.05, 0) is 51.4 Å². The average molecular weight is 342 g/mol. The Morgan fingerprint density at radius 3 is 1.65 bits per heavy atom. The van der Waals surface area contributed by atoms with E-state index in [0.29, 0.717) is 18.0 Å². The molecule has 134 valence electrons. The summed E-state index contributed by atoms with van der Waals surface area (Å²) in [5.41, 5.74) is 0. The van der Waals surface area contributed by atoms with Gasteiger partial charge in [-0.3, -0.25) is 4.57 Å². The maximum Gasteiger partial charge on any atom is 0.334 e. The van der Waals surface area contributed by atoms with Crippen molar-refractivity contribution in [2.24, 2.45) is 11.8 Å². The fourth-order valence-corrected chi connectivity index (χ4v) is 6.05. The lowest BCUT2D eigenvalue weighted by Gasteiger charge is -2.33. The van der Waals surface area contributed by atoms with Gasteiger partial charge in [-0.2, -0.15) is 0 Å². The second kappa shape index (κ2) is 9.39. The molecule has 0 aliphatic heterocycles. The average Bonchev–Trinajstić information content (AvgIpc) is 2.56. The van der Waals surface area contributed by atoms with E-state index >= 15 is 0 Å². The Labute approximate surface area is 142 Å². The van der Waals surface area contributed by atoms with Gasteiger partial charge in [0.15, 0.2) is 0 Å². The van der Waals surface area contributed by atoms with Crippen molar-refractivity contribution in [2.75, 3.05) is 6.16 Å². The molecule has 2 aliphatic carbocycles. The van der Waals surface area contributed by atoms with E-state index in [0.717, 1.165) is 0 Å². The summed E-state index contributed by atoms with van der Waals surface area (Å²) >= 11 is 0. The van der Waals surface area contributed by atoms with E-state index in [1.54, 1.807) is 6.08 Å². The predicted molar refractivity (Wildman–Crippen MR) is 96.9 cm³/mol. The summed E-state index contributed by atoms with van der Waals surface area (Å²) in [4.78, 5) is 0. The van der Waals surface area contributed by atoms with Crippen LogP contribution >= 0.6 is 7.60 Å². The Bertz CT molecular complexity index is 367. The normalized spacial score (nSPS) is 26.3. The standard InChI is InChI=1S/C19H35O3P/c1-4-15-23(20,21-16(2)18-11-7-5-8-12-18)22-17(3)19-13-9-6-10-14-19/h4,16-19H,1,5-15H2,2-3H3. The SMILES string of the molecule is C=CCP(=O)(OC(C)C1CCCCC1)OC(C)C1CCCCC1. The fourth-order valence-electron chi connectivity index (χ4n) is 4.15. The van der Waals surface area contributed by atoms with Gasteiger partial charge in [0.1, 0.15) is 0 Å². The molecule has 2 aliphatic rings. The maximum absolute atomic E-state index is 13.2. The van der Waals surface area contributed by atoms with Gasteiger partial charge in [-0.1, -0.05) is 44.6 Å². The first-order chi connectivity index (χ1) is 11.0. The van der Waals surface area contributed by atoms with Crippen LogP contribution in [0.5, 0.6) is 0 Å².